The Bertz CT molecular complexity index is 537. The summed E-state index contributed by atoms with van der Waals surface area (Å²) in [4.78, 5) is 26.1. The van der Waals surface area contributed by atoms with Crippen molar-refractivity contribution in [1.82, 2.24) is 10.2 Å². The van der Waals surface area contributed by atoms with Gasteiger partial charge in [-0.25, -0.2) is 0 Å². The summed E-state index contributed by atoms with van der Waals surface area (Å²) in [6.45, 7) is 1.14. The van der Waals surface area contributed by atoms with E-state index in [9.17, 15) is 9.59 Å². The maximum atomic E-state index is 12.4. The summed E-state index contributed by atoms with van der Waals surface area (Å²) in [5.74, 6) is 0.307. The van der Waals surface area contributed by atoms with E-state index in [-0.39, 0.29) is 24.5 Å². The third kappa shape index (κ3) is 4.94. The minimum absolute atomic E-state index is 0.0556. The molecule has 1 aliphatic rings. The van der Waals surface area contributed by atoms with Crippen LogP contribution in [-0.2, 0) is 19.1 Å². The van der Waals surface area contributed by atoms with Crippen LogP contribution in [0.4, 0.5) is 0 Å². The first-order valence-corrected chi connectivity index (χ1v) is 7.92. The van der Waals surface area contributed by atoms with E-state index >= 15 is 0 Å². The molecule has 2 rings (SSSR count). The number of para-hydroxylation sites is 1. The largest absolute Gasteiger partial charge is 0.488 e. The molecular formula is C17H24N2O5. The van der Waals surface area contributed by atoms with Gasteiger partial charge in [-0.15, -0.1) is 0 Å². The van der Waals surface area contributed by atoms with E-state index in [4.69, 9.17) is 14.2 Å². The van der Waals surface area contributed by atoms with E-state index < -0.39 is 6.04 Å². The molecular weight excluding hydrogens is 312 g/mol. The molecule has 7 nitrogen and oxygen atoms in total. The van der Waals surface area contributed by atoms with E-state index in [0.717, 1.165) is 5.75 Å². The summed E-state index contributed by atoms with van der Waals surface area (Å²) >= 11 is 0. The lowest BCUT2D eigenvalue weighted by molar-refractivity contribution is -0.141. The van der Waals surface area contributed by atoms with Crippen molar-refractivity contribution in [1.29, 1.82) is 0 Å². The Kier molecular flexibility index (Phi) is 7.02. The summed E-state index contributed by atoms with van der Waals surface area (Å²) in [5.41, 5.74) is 0. The van der Waals surface area contributed by atoms with E-state index in [1.54, 1.807) is 7.11 Å². The van der Waals surface area contributed by atoms with Crippen LogP contribution in [0.15, 0.2) is 30.3 Å². The molecule has 2 amide bonds. The van der Waals surface area contributed by atoms with Gasteiger partial charge < -0.3 is 24.4 Å². The van der Waals surface area contributed by atoms with Crippen LogP contribution in [0, 0.1) is 0 Å². The topological polar surface area (TPSA) is 77.1 Å². The highest BCUT2D eigenvalue weighted by atomic mass is 16.5. The van der Waals surface area contributed by atoms with Gasteiger partial charge in [0.25, 0.3) is 0 Å². The molecule has 7 heteroatoms. The minimum atomic E-state index is -0.557. The molecule has 0 aromatic heterocycles. The maximum Gasteiger partial charge on any atom is 0.249 e. The minimum Gasteiger partial charge on any atom is -0.488 e. The fourth-order valence-electron chi connectivity index (χ4n) is 2.70. The second-order valence-electron chi connectivity index (χ2n) is 5.57. The highest BCUT2D eigenvalue weighted by Gasteiger charge is 2.40. The van der Waals surface area contributed by atoms with E-state index in [1.165, 1.54) is 12.0 Å². The molecule has 0 radical (unpaired) electrons. The Morgan fingerprint density at radius 2 is 1.96 bits per heavy atom. The molecule has 0 spiro atoms. The lowest BCUT2D eigenvalue weighted by Crippen LogP contribution is -2.47. The number of carbonyl (C=O) groups is 2. The summed E-state index contributed by atoms with van der Waals surface area (Å²) in [7, 11) is 3.03. The van der Waals surface area contributed by atoms with Crippen molar-refractivity contribution in [3.05, 3.63) is 30.3 Å². The molecule has 0 aliphatic carbocycles. The first-order valence-electron chi connectivity index (χ1n) is 7.92. The van der Waals surface area contributed by atoms with Gasteiger partial charge in [-0.05, 0) is 12.1 Å². The number of methoxy groups -OCH3 is 2. The fourth-order valence-corrected chi connectivity index (χ4v) is 2.70. The second-order valence-corrected chi connectivity index (χ2v) is 5.57. The zero-order valence-electron chi connectivity index (χ0n) is 14.1. The number of nitrogens with zero attached hydrogens (tertiary/aromatic N) is 1. The normalized spacial score (nSPS) is 20.0. The first-order chi connectivity index (χ1) is 11.7. The predicted octanol–water partition coefficient (Wildman–Crippen LogP) is 0.444. The summed E-state index contributed by atoms with van der Waals surface area (Å²) in [5, 5.41) is 2.78. The number of hydrogen-bond acceptors (Lipinski definition) is 5. The number of benzene rings is 1. The van der Waals surface area contributed by atoms with Crippen LogP contribution < -0.4 is 10.1 Å². The van der Waals surface area contributed by atoms with Gasteiger partial charge in [-0.3, -0.25) is 9.59 Å². The van der Waals surface area contributed by atoms with Crippen molar-refractivity contribution in [2.75, 3.05) is 40.5 Å². The van der Waals surface area contributed by atoms with Crippen LogP contribution >= 0.6 is 0 Å². The van der Waals surface area contributed by atoms with Gasteiger partial charge in [-0.2, -0.15) is 0 Å². The number of amides is 2. The molecule has 1 fully saturated rings. The smallest absolute Gasteiger partial charge is 0.249 e. The Balaban J connectivity index is 2.01. The summed E-state index contributed by atoms with van der Waals surface area (Å²) < 4.78 is 15.7. The third-order valence-corrected chi connectivity index (χ3v) is 3.80. The van der Waals surface area contributed by atoms with Gasteiger partial charge in [0.15, 0.2) is 0 Å². The zero-order valence-corrected chi connectivity index (χ0v) is 14.1. The van der Waals surface area contributed by atoms with Crippen molar-refractivity contribution in [3.63, 3.8) is 0 Å². The van der Waals surface area contributed by atoms with Gasteiger partial charge in [0, 0.05) is 27.2 Å². The van der Waals surface area contributed by atoms with Crippen molar-refractivity contribution in [3.8, 4) is 5.75 Å². The standard InChI is InChI=1S/C17H24N2O5/c1-22-9-8-18-17(21)15-10-14(11-19(15)16(20)12-23-2)24-13-6-4-3-5-7-13/h3-7,14-15H,8-12H2,1-2H3,(H,18,21)/t14-,15+/m0/s1. The van der Waals surface area contributed by atoms with Gasteiger partial charge in [0.2, 0.25) is 11.8 Å². The van der Waals surface area contributed by atoms with Crippen LogP contribution in [0.25, 0.3) is 0 Å². The van der Waals surface area contributed by atoms with Crippen molar-refractivity contribution in [2.45, 2.75) is 18.6 Å². The zero-order chi connectivity index (χ0) is 17.4. The molecule has 1 N–H and O–H groups in total. The second kappa shape index (κ2) is 9.24. The lowest BCUT2D eigenvalue weighted by Gasteiger charge is -2.23. The monoisotopic (exact) mass is 336 g/mol. The molecule has 1 heterocycles. The molecule has 2 atom stereocenters. The third-order valence-electron chi connectivity index (χ3n) is 3.80. The van der Waals surface area contributed by atoms with E-state index in [2.05, 4.69) is 5.32 Å². The van der Waals surface area contributed by atoms with Crippen LogP contribution in [0.1, 0.15) is 6.42 Å². The first kappa shape index (κ1) is 18.2. The number of ether oxygens (including phenoxy) is 3. The highest BCUT2D eigenvalue weighted by Crippen LogP contribution is 2.23. The van der Waals surface area contributed by atoms with Crippen molar-refractivity contribution < 1.29 is 23.8 Å². The van der Waals surface area contributed by atoms with Crippen LogP contribution in [0.5, 0.6) is 5.75 Å². The van der Waals surface area contributed by atoms with Crippen LogP contribution in [0.2, 0.25) is 0 Å². The quantitative estimate of drug-likeness (QED) is 0.697. The summed E-state index contributed by atoms with van der Waals surface area (Å²) in [6, 6.07) is 8.82. The maximum absolute atomic E-state index is 12.4. The molecule has 0 saturated carbocycles. The average molecular weight is 336 g/mol. The molecule has 1 saturated heterocycles. The number of likely N-dealkylation sites (tertiary alicyclic amines) is 1. The van der Waals surface area contributed by atoms with E-state index in [0.29, 0.717) is 26.1 Å². The molecule has 1 aromatic carbocycles. The number of carbonyl (C=O) groups excluding carboxylic acids is 2. The van der Waals surface area contributed by atoms with E-state index in [1.807, 2.05) is 30.3 Å². The van der Waals surface area contributed by atoms with Gasteiger partial charge in [-0.1, -0.05) is 18.2 Å². The van der Waals surface area contributed by atoms with Gasteiger partial charge in [0.05, 0.1) is 13.2 Å². The Morgan fingerprint density at radius 3 is 2.62 bits per heavy atom. The number of rotatable bonds is 8. The highest BCUT2D eigenvalue weighted by molar-refractivity contribution is 5.88. The molecule has 0 unspecified atom stereocenters. The van der Waals surface area contributed by atoms with Crippen LogP contribution in [0.3, 0.4) is 0 Å². The van der Waals surface area contributed by atoms with Gasteiger partial charge >= 0.3 is 0 Å². The number of hydrogen-bond donors (Lipinski definition) is 1. The Labute approximate surface area is 141 Å². The van der Waals surface area contributed by atoms with Crippen molar-refractivity contribution >= 4 is 11.8 Å². The van der Waals surface area contributed by atoms with Crippen LogP contribution in [-0.4, -0.2) is 69.4 Å². The molecule has 1 aliphatic heterocycles. The molecule has 1 aromatic rings. The molecule has 24 heavy (non-hydrogen) atoms. The predicted molar refractivity (Wildman–Crippen MR) is 87.7 cm³/mol. The molecule has 132 valence electrons. The summed E-state index contributed by atoms with van der Waals surface area (Å²) in [6.07, 6.45) is 0.217. The SMILES string of the molecule is COCCNC(=O)[C@H]1C[C@H](Oc2ccccc2)CN1C(=O)COC. The molecule has 0 bridgehead atoms. The van der Waals surface area contributed by atoms with Crippen molar-refractivity contribution in [2.24, 2.45) is 0 Å². The van der Waals surface area contributed by atoms with Gasteiger partial charge in [0.1, 0.15) is 24.5 Å². The average Bonchev–Trinajstić information content (AvgIpc) is 3.00. The fraction of sp³-hybridized carbons (Fsp3) is 0.529. The number of nitrogens with one attached hydrogen (secondary N) is 1. The Morgan fingerprint density at radius 1 is 1.21 bits per heavy atom. The lowest BCUT2D eigenvalue weighted by atomic mass is 10.2. The Hall–Kier alpha value is -2.12.